The predicted molar refractivity (Wildman–Crippen MR) is 116 cm³/mol. The smallest absolute Gasteiger partial charge is 0.172 e. The summed E-state index contributed by atoms with van der Waals surface area (Å²) in [7, 11) is 1.65. The van der Waals surface area contributed by atoms with Gasteiger partial charge in [-0.2, -0.15) is 0 Å². The van der Waals surface area contributed by atoms with E-state index in [1.165, 1.54) is 0 Å². The van der Waals surface area contributed by atoms with E-state index in [4.69, 9.17) is 20.9 Å². The first-order valence-corrected chi connectivity index (χ1v) is 10.1. The van der Waals surface area contributed by atoms with E-state index in [1.54, 1.807) is 7.11 Å². The number of anilines is 1. The van der Waals surface area contributed by atoms with Crippen molar-refractivity contribution in [3.05, 3.63) is 76.9 Å². The number of ether oxygens (including phenoxy) is 1. The summed E-state index contributed by atoms with van der Waals surface area (Å²) < 4.78 is 10.9. The van der Waals surface area contributed by atoms with Gasteiger partial charge in [-0.25, -0.2) is 0 Å². The van der Waals surface area contributed by atoms with Gasteiger partial charge in [0.15, 0.2) is 11.6 Å². The van der Waals surface area contributed by atoms with Crippen LogP contribution in [0.1, 0.15) is 11.3 Å². The van der Waals surface area contributed by atoms with E-state index >= 15 is 0 Å². The molecule has 0 bridgehead atoms. The van der Waals surface area contributed by atoms with Crippen LogP contribution in [0.2, 0.25) is 5.02 Å². The zero-order chi connectivity index (χ0) is 20.5. The van der Waals surface area contributed by atoms with Gasteiger partial charge in [0.25, 0.3) is 0 Å². The number of hydrogen-bond donors (Lipinski definition) is 0. The number of methoxy groups -OCH3 is 1. The van der Waals surface area contributed by atoms with Gasteiger partial charge in [-0.1, -0.05) is 16.8 Å². The molecule has 0 aliphatic carbocycles. The van der Waals surface area contributed by atoms with E-state index in [1.807, 2.05) is 60.7 Å². The van der Waals surface area contributed by atoms with Gasteiger partial charge in [0.1, 0.15) is 5.75 Å². The molecule has 1 aliphatic rings. The molecule has 3 heterocycles. The van der Waals surface area contributed by atoms with Crippen LogP contribution in [0.5, 0.6) is 5.75 Å². The zero-order valence-electron chi connectivity index (χ0n) is 16.4. The van der Waals surface area contributed by atoms with Crippen molar-refractivity contribution in [1.82, 2.24) is 15.4 Å². The Labute approximate surface area is 179 Å². The molecule has 1 aliphatic heterocycles. The molecule has 6 nitrogen and oxygen atoms in total. The molecular weight excluding hydrogens is 400 g/mol. The van der Waals surface area contributed by atoms with Crippen molar-refractivity contribution in [3.8, 4) is 28.3 Å². The Balaban J connectivity index is 1.38. The lowest BCUT2D eigenvalue weighted by Gasteiger charge is -2.27. The summed E-state index contributed by atoms with van der Waals surface area (Å²) in [6.07, 6.45) is 0.800. The molecule has 0 amide bonds. The largest absolute Gasteiger partial charge is 0.497 e. The van der Waals surface area contributed by atoms with E-state index in [-0.39, 0.29) is 0 Å². The molecule has 2 aromatic carbocycles. The van der Waals surface area contributed by atoms with Crippen LogP contribution < -0.4 is 9.64 Å². The van der Waals surface area contributed by atoms with Crippen LogP contribution in [0.25, 0.3) is 22.6 Å². The fourth-order valence-electron chi connectivity index (χ4n) is 3.65. The third-order valence-corrected chi connectivity index (χ3v) is 5.56. The van der Waals surface area contributed by atoms with Crippen LogP contribution in [0.3, 0.4) is 0 Å². The summed E-state index contributed by atoms with van der Waals surface area (Å²) in [6.45, 7) is 1.49. The van der Waals surface area contributed by atoms with Crippen molar-refractivity contribution in [2.75, 3.05) is 18.6 Å². The van der Waals surface area contributed by atoms with Gasteiger partial charge >= 0.3 is 0 Å². The summed E-state index contributed by atoms with van der Waals surface area (Å²) in [5.74, 6) is 2.44. The average Bonchev–Trinajstić information content (AvgIpc) is 3.23. The number of aromatic nitrogens is 3. The van der Waals surface area contributed by atoms with E-state index in [0.29, 0.717) is 11.6 Å². The van der Waals surface area contributed by atoms with Gasteiger partial charge in [-0.05, 0) is 60.7 Å². The molecule has 150 valence electrons. The monoisotopic (exact) mass is 418 g/mol. The van der Waals surface area contributed by atoms with Crippen LogP contribution in [-0.2, 0) is 13.0 Å². The lowest BCUT2D eigenvalue weighted by atomic mass is 10.0. The van der Waals surface area contributed by atoms with Crippen LogP contribution >= 0.6 is 11.6 Å². The Hall–Kier alpha value is -3.38. The fourth-order valence-corrected chi connectivity index (χ4v) is 3.77. The number of hydrogen-bond acceptors (Lipinski definition) is 6. The minimum atomic E-state index is 0.674. The van der Waals surface area contributed by atoms with Crippen molar-refractivity contribution < 1.29 is 9.26 Å². The van der Waals surface area contributed by atoms with Gasteiger partial charge in [0.05, 0.1) is 25.0 Å². The average molecular weight is 419 g/mol. The molecule has 0 N–H and O–H groups in total. The second-order valence-electron chi connectivity index (χ2n) is 7.12. The second-order valence-corrected chi connectivity index (χ2v) is 7.56. The Bertz CT molecular complexity index is 1160. The van der Waals surface area contributed by atoms with Gasteiger partial charge in [0.2, 0.25) is 0 Å². The summed E-state index contributed by atoms with van der Waals surface area (Å²) >= 11 is 6.02. The summed E-state index contributed by atoms with van der Waals surface area (Å²) in [5.41, 5.74) is 4.88. The van der Waals surface area contributed by atoms with E-state index < -0.39 is 0 Å². The number of fused-ring (bicyclic) bond motifs is 1. The maximum Gasteiger partial charge on any atom is 0.172 e. The van der Waals surface area contributed by atoms with Crippen LogP contribution in [0, 0.1) is 0 Å². The highest BCUT2D eigenvalue weighted by molar-refractivity contribution is 6.30. The van der Waals surface area contributed by atoms with E-state index in [0.717, 1.165) is 58.4 Å². The minimum Gasteiger partial charge on any atom is -0.497 e. The molecule has 0 saturated heterocycles. The molecule has 0 fully saturated rings. The summed E-state index contributed by atoms with van der Waals surface area (Å²) in [5, 5.41) is 13.9. The molecule has 0 unspecified atom stereocenters. The molecule has 4 aromatic rings. The van der Waals surface area contributed by atoms with Crippen molar-refractivity contribution in [3.63, 3.8) is 0 Å². The third-order valence-electron chi connectivity index (χ3n) is 5.30. The van der Waals surface area contributed by atoms with Crippen LogP contribution in [-0.4, -0.2) is 29.0 Å². The molecular formula is C23H19ClN4O2. The molecule has 30 heavy (non-hydrogen) atoms. The van der Waals surface area contributed by atoms with Crippen molar-refractivity contribution in [2.45, 2.75) is 13.0 Å². The normalized spacial score (nSPS) is 13.2. The lowest BCUT2D eigenvalue weighted by Crippen LogP contribution is -2.31. The van der Waals surface area contributed by atoms with Crippen molar-refractivity contribution >= 4 is 17.4 Å². The molecule has 0 saturated carbocycles. The SMILES string of the molecule is COc1ccc(-c2ccc(N3CCc4noc(-c5ccc(Cl)cc5)c4C3)nn2)cc1. The van der Waals surface area contributed by atoms with Crippen LogP contribution in [0.15, 0.2) is 65.2 Å². The number of halogens is 1. The molecule has 0 radical (unpaired) electrons. The first kappa shape index (κ1) is 18.6. The van der Waals surface area contributed by atoms with E-state index in [9.17, 15) is 0 Å². The second kappa shape index (κ2) is 7.80. The van der Waals surface area contributed by atoms with Crippen LogP contribution in [0.4, 0.5) is 5.82 Å². The zero-order valence-corrected chi connectivity index (χ0v) is 17.1. The highest BCUT2D eigenvalue weighted by Gasteiger charge is 2.25. The Kier molecular flexibility index (Phi) is 4.85. The Morgan fingerprint density at radius 2 is 1.70 bits per heavy atom. The maximum absolute atomic E-state index is 6.02. The number of nitrogens with zero attached hydrogens (tertiary/aromatic N) is 4. The number of rotatable bonds is 4. The van der Waals surface area contributed by atoms with Crippen molar-refractivity contribution in [1.29, 1.82) is 0 Å². The molecule has 0 spiro atoms. The van der Waals surface area contributed by atoms with Gasteiger partial charge < -0.3 is 14.2 Å². The highest BCUT2D eigenvalue weighted by Crippen LogP contribution is 2.32. The predicted octanol–water partition coefficient (Wildman–Crippen LogP) is 5.02. The first-order valence-electron chi connectivity index (χ1n) is 9.68. The van der Waals surface area contributed by atoms with Gasteiger partial charge in [0, 0.05) is 34.7 Å². The topological polar surface area (TPSA) is 64.3 Å². The standard InChI is InChI=1S/C23H19ClN4O2/c1-29-18-8-4-15(5-9-18)20-10-11-22(26-25-20)28-13-12-21-19(14-28)23(30-27-21)16-2-6-17(24)7-3-16/h2-11H,12-14H2,1H3. The summed E-state index contributed by atoms with van der Waals surface area (Å²) in [4.78, 5) is 2.20. The Morgan fingerprint density at radius 1 is 0.933 bits per heavy atom. The molecule has 7 heteroatoms. The number of benzene rings is 2. The first-order chi connectivity index (χ1) is 14.7. The molecule has 2 aromatic heterocycles. The highest BCUT2D eigenvalue weighted by atomic mass is 35.5. The third kappa shape index (κ3) is 3.50. The molecule has 0 atom stereocenters. The van der Waals surface area contributed by atoms with Crippen molar-refractivity contribution in [2.24, 2.45) is 0 Å². The van der Waals surface area contributed by atoms with Gasteiger partial charge in [-0.15, -0.1) is 10.2 Å². The lowest BCUT2D eigenvalue weighted by molar-refractivity contribution is 0.415. The Morgan fingerprint density at radius 3 is 2.40 bits per heavy atom. The fraction of sp³-hybridized carbons (Fsp3) is 0.174. The van der Waals surface area contributed by atoms with Gasteiger partial charge in [-0.3, -0.25) is 0 Å². The quantitative estimate of drug-likeness (QED) is 0.463. The molecule has 5 rings (SSSR count). The van der Waals surface area contributed by atoms with E-state index in [2.05, 4.69) is 20.3 Å². The minimum absolute atomic E-state index is 0.674. The maximum atomic E-state index is 6.02. The summed E-state index contributed by atoms with van der Waals surface area (Å²) in [6, 6.07) is 19.4.